The second-order valence-electron chi connectivity index (χ2n) is 10.8. The number of rotatable bonds is 15. The number of amides is 1. The monoisotopic (exact) mass is 606 g/mol. The molecule has 0 aromatic heterocycles. The number of allylic oxidation sites excluding steroid dienone is 11. The van der Waals surface area contributed by atoms with Gasteiger partial charge in [0.1, 0.15) is 5.83 Å². The van der Waals surface area contributed by atoms with Gasteiger partial charge in [0.15, 0.2) is 0 Å². The summed E-state index contributed by atoms with van der Waals surface area (Å²) in [7, 11) is 3.35. The van der Waals surface area contributed by atoms with E-state index in [0.717, 1.165) is 35.4 Å². The number of carbonyl (C=O) groups excluding carboxylic acids is 2. The fourth-order valence-electron chi connectivity index (χ4n) is 4.71. The first kappa shape index (κ1) is 38.1. The topological polar surface area (TPSA) is 78.9 Å². The Morgan fingerprint density at radius 3 is 2.36 bits per heavy atom. The molecule has 0 spiro atoms. The van der Waals surface area contributed by atoms with Crippen LogP contribution in [-0.4, -0.2) is 48.7 Å². The number of carbonyl (C=O) groups is 2. The molecular weight excluding hydrogens is 555 g/mol. The third-order valence-electron chi connectivity index (χ3n) is 6.79. The number of benzene rings is 1. The number of nitrogens with zero attached hydrogens (tertiary/aromatic N) is 1. The Bertz CT molecular complexity index is 1240. The van der Waals surface area contributed by atoms with E-state index in [1.165, 1.54) is 13.2 Å². The van der Waals surface area contributed by atoms with Crippen LogP contribution in [0.1, 0.15) is 66.2 Å². The van der Waals surface area contributed by atoms with E-state index in [2.05, 4.69) is 53.6 Å². The van der Waals surface area contributed by atoms with Gasteiger partial charge in [-0.2, -0.15) is 0 Å². The highest BCUT2D eigenvalue weighted by atomic mass is 19.1. The Balaban J connectivity index is 0.00000146. The molecule has 7 heteroatoms. The lowest BCUT2D eigenvalue weighted by Gasteiger charge is -2.31. The third kappa shape index (κ3) is 14.5. The molecule has 6 nitrogen and oxygen atoms in total. The van der Waals surface area contributed by atoms with Crippen LogP contribution in [0.5, 0.6) is 0 Å². The number of aliphatic hydroxyl groups is 1. The maximum Gasteiger partial charge on any atom is 0.305 e. The first-order valence-electron chi connectivity index (χ1n) is 15.3. The summed E-state index contributed by atoms with van der Waals surface area (Å²) in [6.45, 7) is 11.4. The molecule has 0 bridgehead atoms. The zero-order valence-electron chi connectivity index (χ0n) is 27.3. The van der Waals surface area contributed by atoms with Gasteiger partial charge in [0.05, 0.1) is 18.8 Å². The number of aliphatic hydroxyl groups excluding tert-OH is 1. The minimum atomic E-state index is -0.542. The second kappa shape index (κ2) is 21.7. The van der Waals surface area contributed by atoms with Gasteiger partial charge in [0.2, 0.25) is 0 Å². The molecule has 1 aliphatic rings. The first-order chi connectivity index (χ1) is 21.0. The van der Waals surface area contributed by atoms with Crippen molar-refractivity contribution in [1.29, 1.82) is 0 Å². The fraction of sp³-hybridized carbons (Fsp3) is 0.405. The normalized spacial score (nSPS) is 14.5. The fourth-order valence-corrected chi connectivity index (χ4v) is 4.71. The highest BCUT2D eigenvalue weighted by Gasteiger charge is 2.26. The number of anilines is 1. The summed E-state index contributed by atoms with van der Waals surface area (Å²) < 4.78 is 16.1. The number of methoxy groups -OCH3 is 1. The Kier molecular flexibility index (Phi) is 18.7. The van der Waals surface area contributed by atoms with Gasteiger partial charge < -0.3 is 20.1 Å². The van der Waals surface area contributed by atoms with Gasteiger partial charge in [0.25, 0.3) is 5.91 Å². The van der Waals surface area contributed by atoms with E-state index in [-0.39, 0.29) is 17.8 Å². The van der Waals surface area contributed by atoms with Crippen molar-refractivity contribution in [2.24, 2.45) is 5.92 Å². The molecule has 0 heterocycles. The smallest absolute Gasteiger partial charge is 0.305 e. The van der Waals surface area contributed by atoms with Crippen LogP contribution in [0.4, 0.5) is 10.1 Å². The van der Waals surface area contributed by atoms with E-state index in [0.29, 0.717) is 37.8 Å². The molecule has 1 aromatic carbocycles. The van der Waals surface area contributed by atoms with Crippen LogP contribution in [0.25, 0.3) is 0 Å². The van der Waals surface area contributed by atoms with Crippen LogP contribution >= 0.6 is 0 Å². The van der Waals surface area contributed by atoms with Crippen molar-refractivity contribution in [3.05, 3.63) is 114 Å². The zero-order chi connectivity index (χ0) is 32.9. The molecular formula is C37H51FN2O4. The van der Waals surface area contributed by atoms with Gasteiger partial charge in [-0.1, -0.05) is 81.2 Å². The molecule has 2 N–H and O–H groups in total. The predicted molar refractivity (Wildman–Crippen MR) is 180 cm³/mol. The number of halogens is 1. The van der Waals surface area contributed by atoms with Gasteiger partial charge >= 0.3 is 5.97 Å². The summed E-state index contributed by atoms with van der Waals surface area (Å²) in [5.41, 5.74) is 4.18. The van der Waals surface area contributed by atoms with Crippen LogP contribution in [0.15, 0.2) is 114 Å². The average molecular weight is 607 g/mol. The Hall–Kier alpha value is -3.97. The van der Waals surface area contributed by atoms with E-state index in [9.17, 15) is 19.1 Å². The first-order valence-corrected chi connectivity index (χ1v) is 15.3. The third-order valence-corrected chi connectivity index (χ3v) is 6.79. The van der Waals surface area contributed by atoms with Gasteiger partial charge in [-0.15, -0.1) is 0 Å². The van der Waals surface area contributed by atoms with E-state index in [1.807, 2.05) is 62.5 Å². The summed E-state index contributed by atoms with van der Waals surface area (Å²) in [6.07, 6.45) is 18.6. The largest absolute Gasteiger partial charge is 0.469 e. The van der Waals surface area contributed by atoms with Gasteiger partial charge in [0, 0.05) is 31.4 Å². The number of hydrogen-bond donors (Lipinski definition) is 2. The molecule has 240 valence electrons. The van der Waals surface area contributed by atoms with Crippen molar-refractivity contribution < 1.29 is 23.8 Å². The number of para-hydroxylation sites is 1. The Morgan fingerprint density at radius 2 is 1.84 bits per heavy atom. The SMILES string of the molecule is C/C=C/C=C(C1=CCCC=C1)/C(C(=O)Nc1ccccc1)=C(/C(C)C)N(C)CCC(O)CCCC(=O)OC.C=C(F)/C=C\C. The lowest BCUT2D eigenvalue weighted by molar-refractivity contribution is -0.140. The Labute approximate surface area is 264 Å². The quantitative estimate of drug-likeness (QED) is 0.119. The molecule has 1 atom stereocenters. The summed E-state index contributed by atoms with van der Waals surface area (Å²) in [4.78, 5) is 27.5. The van der Waals surface area contributed by atoms with Crippen molar-refractivity contribution in [2.45, 2.75) is 72.3 Å². The second-order valence-corrected chi connectivity index (χ2v) is 10.8. The maximum atomic E-state index is 14.0. The standard InChI is InChI=1S/C32H44N2O4.C5H7F/c1-6-7-20-28(25-15-10-8-11-16-25)30(32(37)33-26-17-12-9-13-18-26)31(24(2)3)34(4)23-22-27(35)19-14-21-29(36)38-5;1-3-4-5(2)6/h6-7,9-10,12-13,15-18,20,24,27,35H,8,11,14,19,21-23H2,1-5H3,(H,33,37);3-4H,2H2,1H3/b7-6+,28-20+,31-30+;4-3-. The van der Waals surface area contributed by atoms with E-state index < -0.39 is 11.9 Å². The van der Waals surface area contributed by atoms with Gasteiger partial charge in [-0.25, -0.2) is 4.39 Å². The van der Waals surface area contributed by atoms with E-state index in [1.54, 1.807) is 13.0 Å². The molecule has 44 heavy (non-hydrogen) atoms. The van der Waals surface area contributed by atoms with Crippen molar-refractivity contribution >= 4 is 17.6 Å². The van der Waals surface area contributed by atoms with Crippen LogP contribution < -0.4 is 5.32 Å². The average Bonchev–Trinajstić information content (AvgIpc) is 3.00. The van der Waals surface area contributed by atoms with Crippen LogP contribution in [0.3, 0.4) is 0 Å². The van der Waals surface area contributed by atoms with Gasteiger partial charge in [-0.05, 0) is 81.2 Å². The highest BCUT2D eigenvalue weighted by molar-refractivity contribution is 6.08. The molecule has 0 saturated carbocycles. The zero-order valence-corrected chi connectivity index (χ0v) is 27.3. The van der Waals surface area contributed by atoms with Crippen molar-refractivity contribution in [3.63, 3.8) is 0 Å². The maximum absolute atomic E-state index is 14.0. The number of ether oxygens (including phenoxy) is 1. The van der Waals surface area contributed by atoms with Crippen LogP contribution in [0.2, 0.25) is 0 Å². The number of esters is 1. The molecule has 2 rings (SSSR count). The molecule has 0 fully saturated rings. The summed E-state index contributed by atoms with van der Waals surface area (Å²) >= 11 is 0. The van der Waals surface area contributed by atoms with Crippen LogP contribution in [-0.2, 0) is 14.3 Å². The lowest BCUT2D eigenvalue weighted by Crippen LogP contribution is -2.30. The summed E-state index contributed by atoms with van der Waals surface area (Å²) in [6, 6.07) is 9.49. The van der Waals surface area contributed by atoms with Gasteiger partial charge in [-0.3, -0.25) is 9.59 Å². The molecule has 1 amide bonds. The molecule has 0 aliphatic heterocycles. The van der Waals surface area contributed by atoms with Crippen molar-refractivity contribution in [2.75, 3.05) is 26.0 Å². The van der Waals surface area contributed by atoms with E-state index in [4.69, 9.17) is 0 Å². The summed E-state index contributed by atoms with van der Waals surface area (Å²) in [5.74, 6) is -0.770. The highest BCUT2D eigenvalue weighted by Crippen LogP contribution is 2.32. The lowest BCUT2D eigenvalue weighted by atomic mass is 9.88. The molecule has 1 unspecified atom stereocenters. The predicted octanol–water partition coefficient (Wildman–Crippen LogP) is 8.39. The van der Waals surface area contributed by atoms with Crippen LogP contribution in [0, 0.1) is 5.92 Å². The molecule has 1 aliphatic carbocycles. The number of hydrogen-bond acceptors (Lipinski definition) is 5. The van der Waals surface area contributed by atoms with Crippen molar-refractivity contribution in [3.8, 4) is 0 Å². The number of nitrogens with one attached hydrogen (secondary N) is 1. The Morgan fingerprint density at radius 1 is 1.14 bits per heavy atom. The summed E-state index contributed by atoms with van der Waals surface area (Å²) in [5, 5.41) is 13.7. The molecule has 0 radical (unpaired) electrons. The molecule has 1 aromatic rings. The molecule has 0 saturated heterocycles. The minimum Gasteiger partial charge on any atom is -0.469 e. The van der Waals surface area contributed by atoms with E-state index >= 15 is 0 Å². The minimum absolute atomic E-state index is 0.0511. The van der Waals surface area contributed by atoms with Crippen molar-refractivity contribution in [1.82, 2.24) is 4.90 Å².